The van der Waals surface area contributed by atoms with Gasteiger partial charge in [0.1, 0.15) is 5.75 Å². The molecule has 0 heterocycles. The molecule has 0 atom stereocenters. The predicted molar refractivity (Wildman–Crippen MR) is 86.3 cm³/mol. The zero-order chi connectivity index (χ0) is 15.6. The summed E-state index contributed by atoms with van der Waals surface area (Å²) >= 11 is 9.17. The van der Waals surface area contributed by atoms with Crippen LogP contribution < -0.4 is 4.74 Å². The van der Waals surface area contributed by atoms with Crippen LogP contribution in [0.5, 0.6) is 11.5 Å². The summed E-state index contributed by atoms with van der Waals surface area (Å²) in [5, 5.41) is 11.2. The molecule has 0 unspecified atom stereocenters. The summed E-state index contributed by atoms with van der Waals surface area (Å²) in [4.78, 5) is 10.7. The van der Waals surface area contributed by atoms with E-state index in [4.69, 9.17) is 16.3 Å². The molecule has 0 fully saturated rings. The highest BCUT2D eigenvalue weighted by Crippen LogP contribution is 2.38. The number of ether oxygens (including phenoxy) is 1. The average molecular weight is 371 g/mol. The summed E-state index contributed by atoms with van der Waals surface area (Å²) in [6.07, 6.45) is 0. The van der Waals surface area contributed by atoms with Gasteiger partial charge < -0.3 is 4.74 Å². The van der Waals surface area contributed by atoms with Crippen LogP contribution >= 0.6 is 27.5 Å². The molecule has 2 aromatic rings. The van der Waals surface area contributed by atoms with Crippen molar-refractivity contribution in [3.63, 3.8) is 0 Å². The number of rotatable bonds is 4. The molecule has 110 valence electrons. The molecule has 0 aliphatic heterocycles. The molecule has 4 nitrogen and oxygen atoms in total. The highest BCUT2D eigenvalue weighted by atomic mass is 79.9. The van der Waals surface area contributed by atoms with Crippen LogP contribution in [0.1, 0.15) is 16.7 Å². The van der Waals surface area contributed by atoms with Crippen LogP contribution in [0.4, 0.5) is 5.69 Å². The van der Waals surface area contributed by atoms with E-state index in [1.807, 2.05) is 19.1 Å². The molecule has 21 heavy (non-hydrogen) atoms. The van der Waals surface area contributed by atoms with Crippen LogP contribution in [-0.4, -0.2) is 4.92 Å². The highest BCUT2D eigenvalue weighted by molar-refractivity contribution is 9.10. The Kier molecular flexibility index (Phi) is 4.85. The van der Waals surface area contributed by atoms with Crippen molar-refractivity contribution in [1.29, 1.82) is 0 Å². The summed E-state index contributed by atoms with van der Waals surface area (Å²) in [5.41, 5.74) is 2.45. The first-order valence-electron chi connectivity index (χ1n) is 6.20. The maximum absolute atomic E-state index is 11.2. The monoisotopic (exact) mass is 369 g/mol. The minimum absolute atomic E-state index is 0.0806. The Morgan fingerprint density at radius 1 is 1.29 bits per heavy atom. The molecule has 0 N–H and O–H groups in total. The Morgan fingerprint density at radius 3 is 2.62 bits per heavy atom. The average Bonchev–Trinajstić information content (AvgIpc) is 2.42. The van der Waals surface area contributed by atoms with Crippen molar-refractivity contribution in [3.8, 4) is 11.5 Å². The van der Waals surface area contributed by atoms with Crippen molar-refractivity contribution in [2.24, 2.45) is 0 Å². The Morgan fingerprint density at radius 2 is 2.00 bits per heavy atom. The summed E-state index contributed by atoms with van der Waals surface area (Å²) in [6.45, 7) is 3.72. The lowest BCUT2D eigenvalue weighted by atomic mass is 10.1. The van der Waals surface area contributed by atoms with Gasteiger partial charge in [-0.3, -0.25) is 10.1 Å². The van der Waals surface area contributed by atoms with Crippen molar-refractivity contribution < 1.29 is 9.66 Å². The van der Waals surface area contributed by atoms with E-state index >= 15 is 0 Å². The Hall–Kier alpha value is -1.59. The molecule has 6 heteroatoms. The van der Waals surface area contributed by atoms with E-state index in [9.17, 15) is 10.1 Å². The number of hydrogen-bond donors (Lipinski definition) is 0. The van der Waals surface area contributed by atoms with E-state index in [0.29, 0.717) is 15.8 Å². The molecular weight excluding hydrogens is 358 g/mol. The number of benzene rings is 2. The normalized spacial score (nSPS) is 10.5. The Labute approximate surface area is 136 Å². The van der Waals surface area contributed by atoms with E-state index in [0.717, 1.165) is 11.1 Å². The number of halogens is 2. The topological polar surface area (TPSA) is 52.4 Å². The lowest BCUT2D eigenvalue weighted by Gasteiger charge is -2.13. The van der Waals surface area contributed by atoms with Gasteiger partial charge in [-0.15, -0.1) is 11.6 Å². The maximum atomic E-state index is 11.2. The van der Waals surface area contributed by atoms with Crippen molar-refractivity contribution in [2.45, 2.75) is 19.7 Å². The molecule has 0 spiro atoms. The smallest absolute Gasteiger partial charge is 0.312 e. The van der Waals surface area contributed by atoms with Gasteiger partial charge in [-0.05, 0) is 31.5 Å². The number of nitrogens with zero attached hydrogens (tertiary/aromatic N) is 1. The van der Waals surface area contributed by atoms with E-state index in [1.165, 1.54) is 6.07 Å². The third-order valence-electron chi connectivity index (χ3n) is 2.99. The van der Waals surface area contributed by atoms with Gasteiger partial charge in [-0.1, -0.05) is 33.6 Å². The van der Waals surface area contributed by atoms with Gasteiger partial charge in [0.05, 0.1) is 10.8 Å². The molecule has 0 aromatic heterocycles. The SMILES string of the molecule is Cc1ccc(Oc2c(C)cc(Br)cc2[N+](=O)[O-])c(CCl)c1. The predicted octanol–water partition coefficient (Wildman–Crippen LogP) is 5.51. The van der Waals surface area contributed by atoms with Crippen LogP contribution in [0.2, 0.25) is 0 Å². The van der Waals surface area contributed by atoms with Crippen LogP contribution in [0.25, 0.3) is 0 Å². The molecule has 0 amide bonds. The second-order valence-corrected chi connectivity index (χ2v) is 5.86. The fourth-order valence-electron chi connectivity index (χ4n) is 2.00. The zero-order valence-corrected chi connectivity index (χ0v) is 13.9. The summed E-state index contributed by atoms with van der Waals surface area (Å²) in [7, 11) is 0. The molecule has 0 saturated carbocycles. The molecule has 2 aromatic carbocycles. The second-order valence-electron chi connectivity index (χ2n) is 4.67. The highest BCUT2D eigenvalue weighted by Gasteiger charge is 2.20. The standard InChI is InChI=1S/C15H13BrClNO3/c1-9-3-4-14(11(5-9)8-17)21-15-10(2)6-12(16)7-13(15)18(19)20/h3-7H,8H2,1-2H3. The third-order valence-corrected chi connectivity index (χ3v) is 3.73. The van der Waals surface area contributed by atoms with Crippen molar-refractivity contribution in [1.82, 2.24) is 0 Å². The van der Waals surface area contributed by atoms with E-state index in [2.05, 4.69) is 15.9 Å². The van der Waals surface area contributed by atoms with Crippen LogP contribution in [0.15, 0.2) is 34.8 Å². The van der Waals surface area contributed by atoms with E-state index in [1.54, 1.807) is 19.1 Å². The quantitative estimate of drug-likeness (QED) is 0.405. The molecule has 2 rings (SSSR count). The molecule has 0 aliphatic carbocycles. The second kappa shape index (κ2) is 6.45. The van der Waals surface area contributed by atoms with Gasteiger partial charge in [0.15, 0.2) is 0 Å². The number of nitro benzene ring substituents is 1. The third kappa shape index (κ3) is 3.54. The first-order valence-corrected chi connectivity index (χ1v) is 7.53. The Bertz CT molecular complexity index is 704. The number of aryl methyl sites for hydroxylation is 2. The van der Waals surface area contributed by atoms with E-state index in [-0.39, 0.29) is 17.3 Å². The largest absolute Gasteiger partial charge is 0.450 e. The van der Waals surface area contributed by atoms with E-state index < -0.39 is 4.92 Å². The minimum Gasteiger partial charge on any atom is -0.450 e. The lowest BCUT2D eigenvalue weighted by Crippen LogP contribution is -1.98. The van der Waals surface area contributed by atoms with Crippen LogP contribution in [0, 0.1) is 24.0 Å². The van der Waals surface area contributed by atoms with Gasteiger partial charge in [-0.25, -0.2) is 0 Å². The fraction of sp³-hybridized carbons (Fsp3) is 0.200. The molecule has 0 bridgehead atoms. The van der Waals surface area contributed by atoms with Crippen LogP contribution in [0.3, 0.4) is 0 Å². The number of nitro groups is 1. The van der Waals surface area contributed by atoms with Gasteiger partial charge in [0, 0.05) is 16.1 Å². The molecule has 0 saturated heterocycles. The summed E-state index contributed by atoms with van der Waals surface area (Å²) in [6, 6.07) is 8.76. The summed E-state index contributed by atoms with van der Waals surface area (Å²) < 4.78 is 6.43. The van der Waals surface area contributed by atoms with Crippen molar-refractivity contribution in [3.05, 3.63) is 61.6 Å². The van der Waals surface area contributed by atoms with Crippen molar-refractivity contribution >= 4 is 33.2 Å². The molecular formula is C15H13BrClNO3. The number of hydrogen-bond acceptors (Lipinski definition) is 3. The van der Waals surface area contributed by atoms with Crippen molar-refractivity contribution in [2.75, 3.05) is 0 Å². The molecule has 0 radical (unpaired) electrons. The maximum Gasteiger partial charge on any atom is 0.312 e. The first-order chi connectivity index (χ1) is 9.92. The number of alkyl halides is 1. The Balaban J connectivity index is 2.51. The fourth-order valence-corrected chi connectivity index (χ4v) is 2.77. The van der Waals surface area contributed by atoms with Gasteiger partial charge in [0.2, 0.25) is 5.75 Å². The zero-order valence-electron chi connectivity index (χ0n) is 11.5. The van der Waals surface area contributed by atoms with Gasteiger partial charge in [0.25, 0.3) is 0 Å². The molecule has 0 aliphatic rings. The first kappa shape index (κ1) is 15.8. The van der Waals surface area contributed by atoms with Gasteiger partial charge >= 0.3 is 5.69 Å². The minimum atomic E-state index is -0.457. The van der Waals surface area contributed by atoms with Gasteiger partial charge in [-0.2, -0.15) is 0 Å². The van der Waals surface area contributed by atoms with Crippen LogP contribution in [-0.2, 0) is 5.88 Å². The summed E-state index contributed by atoms with van der Waals surface area (Å²) in [5.74, 6) is 1.04. The lowest BCUT2D eigenvalue weighted by molar-refractivity contribution is -0.385.